The molecule has 1 atom stereocenters. The van der Waals surface area contributed by atoms with Crippen LogP contribution >= 0.6 is 11.6 Å². The van der Waals surface area contributed by atoms with Gasteiger partial charge in [-0.1, -0.05) is 29.8 Å². The van der Waals surface area contributed by atoms with Crippen molar-refractivity contribution in [2.75, 3.05) is 40.4 Å². The third-order valence-corrected chi connectivity index (χ3v) is 4.49. The molecule has 0 radical (unpaired) electrons. The van der Waals surface area contributed by atoms with E-state index in [0.717, 1.165) is 31.5 Å². The van der Waals surface area contributed by atoms with Crippen LogP contribution in [-0.2, 0) is 11.3 Å². The summed E-state index contributed by atoms with van der Waals surface area (Å²) in [5.74, 6) is 0. The summed E-state index contributed by atoms with van der Waals surface area (Å²) in [6.45, 7) is 3.52. The lowest BCUT2D eigenvalue weighted by Gasteiger charge is -2.32. The molecule has 5 nitrogen and oxygen atoms in total. The van der Waals surface area contributed by atoms with Gasteiger partial charge in [-0.25, -0.2) is 4.79 Å². The molecule has 0 aromatic heterocycles. The zero-order valence-corrected chi connectivity index (χ0v) is 14.7. The van der Waals surface area contributed by atoms with Crippen LogP contribution in [0.4, 0.5) is 4.79 Å². The topological polar surface area (TPSA) is 44.8 Å². The Balaban J connectivity index is 1.98. The van der Waals surface area contributed by atoms with Gasteiger partial charge in [0.2, 0.25) is 0 Å². The average molecular weight is 340 g/mol. The number of carbonyl (C=O) groups excluding carboxylic acids is 1. The van der Waals surface area contributed by atoms with Gasteiger partial charge in [0.1, 0.15) is 0 Å². The van der Waals surface area contributed by atoms with E-state index < -0.39 is 0 Å². The molecular formula is C17H26ClN3O2. The monoisotopic (exact) mass is 339 g/mol. The van der Waals surface area contributed by atoms with Gasteiger partial charge in [-0.2, -0.15) is 0 Å². The molecule has 1 heterocycles. The van der Waals surface area contributed by atoms with E-state index in [1.54, 1.807) is 12.0 Å². The van der Waals surface area contributed by atoms with Crippen LogP contribution < -0.4 is 5.32 Å². The minimum absolute atomic E-state index is 0.0535. The van der Waals surface area contributed by atoms with Crippen molar-refractivity contribution in [1.82, 2.24) is 15.1 Å². The number of likely N-dealkylation sites (N-methyl/N-ethyl adjacent to an activating group) is 1. The number of benzene rings is 1. The van der Waals surface area contributed by atoms with E-state index in [0.29, 0.717) is 24.7 Å². The molecule has 1 aromatic rings. The number of likely N-dealkylation sites (tertiary alicyclic amines) is 1. The van der Waals surface area contributed by atoms with Crippen molar-refractivity contribution in [2.45, 2.75) is 25.4 Å². The number of hydrogen-bond acceptors (Lipinski definition) is 3. The lowest BCUT2D eigenvalue weighted by atomic mass is 10.1. The van der Waals surface area contributed by atoms with Crippen molar-refractivity contribution < 1.29 is 9.53 Å². The number of amides is 2. The SMILES string of the molecule is COCCN(Cc1ccccc1Cl)C(=O)NC1CCCN(C)C1. The third-order valence-electron chi connectivity index (χ3n) is 4.12. The van der Waals surface area contributed by atoms with Crippen LogP contribution in [0.15, 0.2) is 24.3 Å². The fraction of sp³-hybridized carbons (Fsp3) is 0.588. The van der Waals surface area contributed by atoms with Gasteiger partial charge in [-0.15, -0.1) is 0 Å². The van der Waals surface area contributed by atoms with Gasteiger partial charge in [0.25, 0.3) is 0 Å². The van der Waals surface area contributed by atoms with Gasteiger partial charge in [0.05, 0.1) is 6.61 Å². The van der Waals surface area contributed by atoms with Crippen LogP contribution in [0, 0.1) is 0 Å². The number of methoxy groups -OCH3 is 1. The van der Waals surface area contributed by atoms with Crippen molar-refractivity contribution in [2.24, 2.45) is 0 Å². The number of halogens is 1. The predicted molar refractivity (Wildman–Crippen MR) is 92.8 cm³/mol. The molecule has 0 bridgehead atoms. The molecule has 1 unspecified atom stereocenters. The van der Waals surface area contributed by atoms with E-state index in [2.05, 4.69) is 17.3 Å². The number of nitrogens with zero attached hydrogens (tertiary/aromatic N) is 2. The zero-order valence-electron chi connectivity index (χ0n) is 13.9. The number of hydrogen-bond donors (Lipinski definition) is 1. The molecule has 1 N–H and O–H groups in total. The number of nitrogens with one attached hydrogen (secondary N) is 1. The van der Waals surface area contributed by atoms with E-state index in [1.165, 1.54) is 0 Å². The van der Waals surface area contributed by atoms with E-state index in [1.807, 2.05) is 24.3 Å². The quantitative estimate of drug-likeness (QED) is 0.866. The molecule has 0 aliphatic carbocycles. The summed E-state index contributed by atoms with van der Waals surface area (Å²) in [5.41, 5.74) is 0.946. The molecule has 1 aliphatic rings. The van der Waals surface area contributed by atoms with Crippen molar-refractivity contribution in [3.63, 3.8) is 0 Å². The second-order valence-corrected chi connectivity index (χ2v) is 6.46. The second kappa shape index (κ2) is 9.11. The van der Waals surface area contributed by atoms with Crippen LogP contribution in [0.3, 0.4) is 0 Å². The van der Waals surface area contributed by atoms with Gasteiger partial charge in [0.15, 0.2) is 0 Å². The Bertz CT molecular complexity index is 512. The normalized spacial score (nSPS) is 18.7. The third kappa shape index (κ3) is 5.68. The average Bonchev–Trinajstić information content (AvgIpc) is 2.53. The van der Waals surface area contributed by atoms with Crippen molar-refractivity contribution in [3.05, 3.63) is 34.9 Å². The molecule has 2 rings (SSSR count). The minimum atomic E-state index is -0.0535. The first-order valence-electron chi connectivity index (χ1n) is 8.06. The molecular weight excluding hydrogens is 314 g/mol. The number of piperidine rings is 1. The molecule has 23 heavy (non-hydrogen) atoms. The fourth-order valence-corrected chi connectivity index (χ4v) is 3.03. The summed E-state index contributed by atoms with van der Waals surface area (Å²) in [7, 11) is 3.73. The van der Waals surface area contributed by atoms with Gasteiger partial charge in [-0.3, -0.25) is 0 Å². The standard InChI is InChI=1S/C17H26ClN3O2/c1-20-9-5-7-15(13-20)19-17(22)21(10-11-23-2)12-14-6-3-4-8-16(14)18/h3-4,6,8,15H,5,7,9-13H2,1-2H3,(H,19,22). The summed E-state index contributed by atoms with van der Waals surface area (Å²) in [4.78, 5) is 16.7. The predicted octanol–water partition coefficient (Wildman–Crippen LogP) is 2.59. The molecule has 6 heteroatoms. The number of carbonyl (C=O) groups is 1. The molecule has 2 amide bonds. The van der Waals surface area contributed by atoms with E-state index in [4.69, 9.17) is 16.3 Å². The summed E-state index contributed by atoms with van der Waals surface area (Å²) in [6, 6.07) is 7.77. The van der Waals surface area contributed by atoms with Gasteiger partial charge in [-0.05, 0) is 38.1 Å². The Labute approximate surface area is 143 Å². The molecule has 1 saturated heterocycles. The largest absolute Gasteiger partial charge is 0.383 e. The van der Waals surface area contributed by atoms with Gasteiger partial charge in [0, 0.05) is 37.8 Å². The van der Waals surface area contributed by atoms with Crippen LogP contribution in [0.2, 0.25) is 5.02 Å². The van der Waals surface area contributed by atoms with E-state index in [-0.39, 0.29) is 12.1 Å². The maximum absolute atomic E-state index is 12.6. The van der Waals surface area contributed by atoms with Crippen molar-refractivity contribution >= 4 is 17.6 Å². The highest BCUT2D eigenvalue weighted by atomic mass is 35.5. The molecule has 1 aromatic carbocycles. The van der Waals surface area contributed by atoms with Gasteiger partial charge >= 0.3 is 6.03 Å². The molecule has 0 spiro atoms. The number of urea groups is 1. The van der Waals surface area contributed by atoms with Gasteiger partial charge < -0.3 is 19.9 Å². The highest BCUT2D eigenvalue weighted by Gasteiger charge is 2.22. The first kappa shape index (κ1) is 18.0. The lowest BCUT2D eigenvalue weighted by Crippen LogP contribution is -2.51. The van der Waals surface area contributed by atoms with Crippen LogP contribution in [0.1, 0.15) is 18.4 Å². The minimum Gasteiger partial charge on any atom is -0.383 e. The summed E-state index contributed by atoms with van der Waals surface area (Å²) < 4.78 is 5.13. The Morgan fingerprint density at radius 3 is 2.96 bits per heavy atom. The van der Waals surface area contributed by atoms with Crippen molar-refractivity contribution in [1.29, 1.82) is 0 Å². The second-order valence-electron chi connectivity index (χ2n) is 6.06. The first-order chi connectivity index (χ1) is 11.1. The number of rotatable bonds is 6. The van der Waals surface area contributed by atoms with Crippen LogP contribution in [0.25, 0.3) is 0 Å². The number of ether oxygens (including phenoxy) is 1. The van der Waals surface area contributed by atoms with E-state index >= 15 is 0 Å². The summed E-state index contributed by atoms with van der Waals surface area (Å²) in [6.07, 6.45) is 2.14. The maximum Gasteiger partial charge on any atom is 0.318 e. The maximum atomic E-state index is 12.6. The molecule has 1 fully saturated rings. The molecule has 128 valence electrons. The Hall–Kier alpha value is -1.30. The first-order valence-corrected chi connectivity index (χ1v) is 8.44. The van der Waals surface area contributed by atoms with Crippen molar-refractivity contribution in [3.8, 4) is 0 Å². The van der Waals surface area contributed by atoms with Crippen LogP contribution in [-0.4, -0.2) is 62.3 Å². The fourth-order valence-electron chi connectivity index (χ4n) is 2.84. The zero-order chi connectivity index (χ0) is 16.7. The summed E-state index contributed by atoms with van der Waals surface area (Å²) >= 11 is 6.22. The Kier molecular flexibility index (Phi) is 7.15. The highest BCUT2D eigenvalue weighted by molar-refractivity contribution is 6.31. The van der Waals surface area contributed by atoms with Crippen LogP contribution in [0.5, 0.6) is 0 Å². The smallest absolute Gasteiger partial charge is 0.318 e. The Morgan fingerprint density at radius 1 is 1.48 bits per heavy atom. The summed E-state index contributed by atoms with van der Waals surface area (Å²) in [5, 5.41) is 3.83. The molecule has 1 aliphatic heterocycles. The Morgan fingerprint density at radius 2 is 2.26 bits per heavy atom. The molecule has 0 saturated carbocycles. The van der Waals surface area contributed by atoms with E-state index in [9.17, 15) is 4.79 Å². The lowest BCUT2D eigenvalue weighted by molar-refractivity contribution is 0.140. The highest BCUT2D eigenvalue weighted by Crippen LogP contribution is 2.17.